The molecule has 9 heteroatoms. The predicted molar refractivity (Wildman–Crippen MR) is 140 cm³/mol. The molecular weight excluding hydrogens is 507 g/mol. The summed E-state index contributed by atoms with van der Waals surface area (Å²) in [4.78, 5) is 32.3. The number of Topliss-reactive ketones (excluding diaryl/α,β-unsaturated/α-hetero) is 1. The molecule has 0 bridgehead atoms. The lowest BCUT2D eigenvalue weighted by atomic mass is 9.94. The summed E-state index contributed by atoms with van der Waals surface area (Å²) in [6.45, 7) is 0.518. The Balaban J connectivity index is 1.27. The minimum atomic E-state index is -0.523. The lowest BCUT2D eigenvalue weighted by Crippen LogP contribution is -2.42. The van der Waals surface area contributed by atoms with Gasteiger partial charge in [-0.2, -0.15) is 5.10 Å². The number of ketones is 1. The number of nitrogens with zero attached hydrogens (tertiary/aromatic N) is 4. The number of carbonyl (C=O) groups excluding carboxylic acids is 2. The zero-order valence-corrected chi connectivity index (χ0v) is 21.3. The zero-order valence-electron chi connectivity index (χ0n) is 20.5. The van der Waals surface area contributed by atoms with E-state index in [1.165, 1.54) is 29.5 Å². The normalized spacial score (nSPS) is 16.9. The van der Waals surface area contributed by atoms with E-state index in [-0.39, 0.29) is 36.4 Å². The summed E-state index contributed by atoms with van der Waals surface area (Å²) in [7, 11) is 0. The smallest absolute Gasteiger partial charge is 0.244 e. The fraction of sp³-hybridized carbons (Fsp3) is 0.241. The van der Waals surface area contributed by atoms with E-state index in [1.54, 1.807) is 29.2 Å². The molecule has 1 aromatic heterocycles. The van der Waals surface area contributed by atoms with Crippen LogP contribution in [0.25, 0.3) is 0 Å². The van der Waals surface area contributed by atoms with Gasteiger partial charge in [-0.05, 0) is 78.4 Å². The molecule has 194 valence electrons. The lowest BCUT2D eigenvalue weighted by Gasteiger charge is -2.23. The van der Waals surface area contributed by atoms with Gasteiger partial charge in [0.1, 0.15) is 36.5 Å². The van der Waals surface area contributed by atoms with Gasteiger partial charge >= 0.3 is 0 Å². The highest BCUT2D eigenvalue weighted by atomic mass is 35.5. The number of hydrogen-bond donors (Lipinski definition) is 0. The van der Waals surface area contributed by atoms with Crippen molar-refractivity contribution in [1.82, 2.24) is 19.7 Å². The van der Waals surface area contributed by atoms with Crippen molar-refractivity contribution in [1.29, 1.82) is 0 Å². The van der Waals surface area contributed by atoms with Gasteiger partial charge in [-0.3, -0.25) is 9.59 Å². The van der Waals surface area contributed by atoms with E-state index in [2.05, 4.69) is 10.1 Å². The van der Waals surface area contributed by atoms with Gasteiger partial charge < -0.3 is 9.64 Å². The van der Waals surface area contributed by atoms with Crippen molar-refractivity contribution in [2.75, 3.05) is 6.54 Å². The van der Waals surface area contributed by atoms with Crippen LogP contribution < -0.4 is 4.74 Å². The van der Waals surface area contributed by atoms with E-state index in [0.717, 1.165) is 17.5 Å². The summed E-state index contributed by atoms with van der Waals surface area (Å²) in [5.74, 6) is 0.729. The number of halogens is 2. The Morgan fingerprint density at radius 2 is 1.74 bits per heavy atom. The number of benzene rings is 3. The third-order valence-electron chi connectivity index (χ3n) is 6.61. The molecule has 1 saturated heterocycles. The van der Waals surface area contributed by atoms with Crippen LogP contribution in [0.3, 0.4) is 0 Å². The first kappa shape index (κ1) is 25.6. The molecule has 3 aromatic carbocycles. The molecule has 2 heterocycles. The van der Waals surface area contributed by atoms with E-state index >= 15 is 0 Å². The molecule has 0 aliphatic carbocycles. The fourth-order valence-corrected chi connectivity index (χ4v) is 5.04. The molecule has 0 spiro atoms. The quantitative estimate of drug-likeness (QED) is 0.298. The molecule has 7 nitrogen and oxygen atoms in total. The van der Waals surface area contributed by atoms with Crippen LogP contribution in [-0.4, -0.2) is 43.9 Å². The molecule has 1 fully saturated rings. The molecule has 0 saturated carbocycles. The number of hydrogen-bond acceptors (Lipinski definition) is 5. The van der Waals surface area contributed by atoms with Gasteiger partial charge in [-0.1, -0.05) is 35.9 Å². The SMILES string of the molecule is O=C(Cc1ccc(Oc2ccc(F)cc2)cc1)[C@@H]1C[C@@H](Cc2cccc(Cl)c2)CN1C(=O)Cn1cncn1. The summed E-state index contributed by atoms with van der Waals surface area (Å²) < 4.78 is 20.3. The Hall–Kier alpha value is -4.04. The van der Waals surface area contributed by atoms with Crippen molar-refractivity contribution in [3.8, 4) is 11.5 Å². The molecule has 1 aliphatic heterocycles. The monoisotopic (exact) mass is 532 g/mol. The van der Waals surface area contributed by atoms with Crippen molar-refractivity contribution >= 4 is 23.3 Å². The molecule has 1 aliphatic rings. The first-order valence-electron chi connectivity index (χ1n) is 12.3. The lowest BCUT2D eigenvalue weighted by molar-refractivity contribution is -0.138. The summed E-state index contributed by atoms with van der Waals surface area (Å²) in [5, 5.41) is 4.70. The van der Waals surface area contributed by atoms with Gasteiger partial charge in [0.2, 0.25) is 5.91 Å². The molecule has 0 unspecified atom stereocenters. The van der Waals surface area contributed by atoms with Crippen molar-refractivity contribution in [3.63, 3.8) is 0 Å². The molecule has 5 rings (SSSR count). The maximum absolute atomic E-state index is 13.5. The van der Waals surface area contributed by atoms with Gasteiger partial charge in [0, 0.05) is 18.0 Å². The topological polar surface area (TPSA) is 77.3 Å². The number of aromatic nitrogens is 3. The predicted octanol–water partition coefficient (Wildman–Crippen LogP) is 5.13. The van der Waals surface area contributed by atoms with Gasteiger partial charge in [0.25, 0.3) is 0 Å². The van der Waals surface area contributed by atoms with Gasteiger partial charge in [0.15, 0.2) is 5.78 Å². The molecule has 0 radical (unpaired) electrons. The highest BCUT2D eigenvalue weighted by Gasteiger charge is 2.39. The highest BCUT2D eigenvalue weighted by Crippen LogP contribution is 2.29. The Bertz CT molecular complexity index is 1390. The van der Waals surface area contributed by atoms with Gasteiger partial charge in [-0.15, -0.1) is 0 Å². The molecule has 38 heavy (non-hydrogen) atoms. The maximum atomic E-state index is 13.5. The number of likely N-dealkylation sites (tertiary alicyclic amines) is 1. The van der Waals surface area contributed by atoms with Crippen LogP contribution >= 0.6 is 11.6 Å². The van der Waals surface area contributed by atoms with Crippen LogP contribution in [0.5, 0.6) is 11.5 Å². The Morgan fingerprint density at radius 3 is 2.42 bits per heavy atom. The fourth-order valence-electron chi connectivity index (χ4n) is 4.83. The second-order valence-electron chi connectivity index (χ2n) is 9.43. The number of rotatable bonds is 9. The van der Waals surface area contributed by atoms with Crippen molar-refractivity contribution in [2.45, 2.75) is 31.8 Å². The van der Waals surface area contributed by atoms with Crippen LogP contribution in [0.15, 0.2) is 85.5 Å². The van der Waals surface area contributed by atoms with Gasteiger partial charge in [0.05, 0.1) is 6.04 Å². The molecule has 4 aromatic rings. The van der Waals surface area contributed by atoms with Crippen LogP contribution in [0, 0.1) is 11.7 Å². The summed E-state index contributed by atoms with van der Waals surface area (Å²) in [6.07, 6.45) is 4.38. The highest BCUT2D eigenvalue weighted by molar-refractivity contribution is 6.30. The van der Waals surface area contributed by atoms with E-state index < -0.39 is 6.04 Å². The Morgan fingerprint density at radius 1 is 1.00 bits per heavy atom. The Kier molecular flexibility index (Phi) is 7.79. The molecular formula is C29H26ClFN4O3. The van der Waals surface area contributed by atoms with Crippen LogP contribution in [-0.2, 0) is 29.0 Å². The first-order valence-corrected chi connectivity index (χ1v) is 12.7. The number of ether oxygens (including phenoxy) is 1. The van der Waals surface area contributed by atoms with Crippen molar-refractivity contribution < 1.29 is 18.7 Å². The minimum Gasteiger partial charge on any atom is -0.457 e. The second-order valence-corrected chi connectivity index (χ2v) is 9.87. The first-order chi connectivity index (χ1) is 18.4. The van der Waals surface area contributed by atoms with E-state index in [0.29, 0.717) is 29.5 Å². The third kappa shape index (κ3) is 6.44. The third-order valence-corrected chi connectivity index (χ3v) is 6.84. The summed E-state index contributed by atoms with van der Waals surface area (Å²) in [6, 6.07) is 20.1. The average molecular weight is 533 g/mol. The second kappa shape index (κ2) is 11.6. The zero-order chi connectivity index (χ0) is 26.5. The average Bonchev–Trinajstić information content (AvgIpc) is 3.57. The summed E-state index contributed by atoms with van der Waals surface area (Å²) in [5.41, 5.74) is 1.90. The Labute approximate surface area is 224 Å². The molecule has 1 amide bonds. The largest absolute Gasteiger partial charge is 0.457 e. The minimum absolute atomic E-state index is 0.0160. The van der Waals surface area contributed by atoms with Crippen LogP contribution in [0.1, 0.15) is 17.5 Å². The van der Waals surface area contributed by atoms with Crippen molar-refractivity contribution in [3.05, 3.63) is 107 Å². The molecule has 2 atom stereocenters. The number of carbonyl (C=O) groups is 2. The molecule has 0 N–H and O–H groups in total. The van der Waals surface area contributed by atoms with Crippen LogP contribution in [0.2, 0.25) is 5.02 Å². The maximum Gasteiger partial charge on any atom is 0.244 e. The van der Waals surface area contributed by atoms with Gasteiger partial charge in [-0.25, -0.2) is 14.1 Å². The van der Waals surface area contributed by atoms with Crippen molar-refractivity contribution in [2.24, 2.45) is 5.92 Å². The van der Waals surface area contributed by atoms with E-state index in [4.69, 9.17) is 16.3 Å². The number of amides is 1. The standard InChI is InChI=1S/C29H26ClFN4O3/c30-23-3-1-2-21(13-23)12-22-14-27(35(16-22)29(37)17-34-19-32-18-33-34)28(36)15-20-4-8-25(9-5-20)38-26-10-6-24(31)7-11-26/h1-11,13,18-19,22,27H,12,14-17H2/t22-,27+/m1/s1. The van der Waals surface area contributed by atoms with E-state index in [1.807, 2.05) is 36.4 Å². The summed E-state index contributed by atoms with van der Waals surface area (Å²) >= 11 is 6.16. The van der Waals surface area contributed by atoms with Crippen LogP contribution in [0.4, 0.5) is 4.39 Å². The van der Waals surface area contributed by atoms with E-state index in [9.17, 15) is 14.0 Å².